The van der Waals surface area contributed by atoms with E-state index in [1.807, 2.05) is 0 Å². The first kappa shape index (κ1) is 82.9. The topological polar surface area (TPSA) is 304 Å². The van der Waals surface area contributed by atoms with Crippen molar-refractivity contribution >= 4 is 92.3 Å². The van der Waals surface area contributed by atoms with Gasteiger partial charge in [-0.15, -0.1) is 11.6 Å². The summed E-state index contributed by atoms with van der Waals surface area (Å²) in [5, 5.41) is 7.31. The Bertz CT molecular complexity index is 3170. The third kappa shape index (κ3) is 20.4. The number of carbonyl (C=O) groups is 12. The number of hydrogen-bond donors (Lipinski definition) is 3. The van der Waals surface area contributed by atoms with Crippen molar-refractivity contribution in [3.05, 3.63) is 0 Å². The van der Waals surface area contributed by atoms with E-state index in [0.717, 1.165) is 64.4 Å². The van der Waals surface area contributed by atoms with E-state index in [1.165, 1.54) is 68.8 Å². The van der Waals surface area contributed by atoms with Crippen molar-refractivity contribution in [2.45, 2.75) is 260 Å². The highest BCUT2D eigenvalue weighted by Crippen LogP contribution is 2.44. The Morgan fingerprint density at radius 2 is 1.22 bits per heavy atom. The summed E-state index contributed by atoms with van der Waals surface area (Å²) in [4.78, 5) is 191. The molecule has 102 heavy (non-hydrogen) atoms. The first-order valence-electron chi connectivity index (χ1n) is 37.1. The summed E-state index contributed by atoms with van der Waals surface area (Å²) < 4.78 is 67.6. The lowest BCUT2D eigenvalue weighted by Gasteiger charge is -2.45. The van der Waals surface area contributed by atoms with Gasteiger partial charge in [-0.2, -0.15) is 13.2 Å². The van der Waals surface area contributed by atoms with Gasteiger partial charge in [0, 0.05) is 80.1 Å². The highest BCUT2D eigenvalue weighted by molar-refractivity contribution is 7.90. The quantitative estimate of drug-likeness (QED) is 0.227. The number of alkyl halides is 4. The Labute approximate surface area is 605 Å². The van der Waals surface area contributed by atoms with Gasteiger partial charge in [-0.1, -0.05) is 72.6 Å². The Kier molecular flexibility index (Phi) is 29.0. The maximum atomic E-state index is 15.5. The SMILES string of the molecule is CC(C)C[C@H]1C(=O)N[C@@H](CCS(C)(=O)=O)C(=O)N(C)[C@@H](C)C(=O)N2CC[C@H]2C(=O)N(C)[C@@H](CC2CCCCC2)C(=O)N(C)CC(=O)N[C@@H](CCC2CCC(C(F)(F)F)C(Cl)C2)C(=O)N2CCC[C@H]2C(=O)NC2(CCCC2)C(=O)N(C)[C@@H](C(C)C)C(=O)N(C)[C@H](C(=O)N2CCCCC2)CC(=O)N1C. The van der Waals surface area contributed by atoms with Crippen molar-refractivity contribution in [3.63, 3.8) is 0 Å². The molecule has 12 atom stereocenters. The summed E-state index contributed by atoms with van der Waals surface area (Å²) in [5.41, 5.74) is -1.60. The van der Waals surface area contributed by atoms with Crippen LogP contribution in [0.1, 0.15) is 189 Å². The predicted molar refractivity (Wildman–Crippen MR) is 375 cm³/mol. The first-order chi connectivity index (χ1) is 47.8. The molecule has 31 heteroatoms. The van der Waals surface area contributed by atoms with E-state index in [0.29, 0.717) is 45.2 Å². The minimum absolute atomic E-state index is 0.00279. The highest BCUT2D eigenvalue weighted by Gasteiger charge is 2.52. The Balaban J connectivity index is 1.28. The lowest BCUT2D eigenvalue weighted by atomic mass is 9.78. The maximum absolute atomic E-state index is 15.5. The summed E-state index contributed by atoms with van der Waals surface area (Å²) in [6.07, 6.45) is 3.85. The molecule has 7 rings (SSSR count). The van der Waals surface area contributed by atoms with Crippen LogP contribution in [-0.4, -0.2) is 282 Å². The average molecular weight is 1480 g/mol. The number of amides is 12. The number of likely N-dealkylation sites (N-methyl/N-ethyl adjacent to an activating group) is 6. The van der Waals surface area contributed by atoms with E-state index >= 15 is 24.0 Å². The van der Waals surface area contributed by atoms with Crippen molar-refractivity contribution < 1.29 is 79.1 Å². The molecule has 7 fully saturated rings. The van der Waals surface area contributed by atoms with E-state index in [-0.39, 0.29) is 101 Å². The molecule has 4 saturated heterocycles. The van der Waals surface area contributed by atoms with Gasteiger partial charge in [0.25, 0.3) is 0 Å². The molecule has 0 aromatic carbocycles. The smallest absolute Gasteiger partial charge is 0.343 e. The lowest BCUT2D eigenvalue weighted by Crippen LogP contribution is -2.65. The molecule has 7 aliphatic rings. The van der Waals surface area contributed by atoms with Crippen molar-refractivity contribution in [1.29, 1.82) is 0 Å². The second-order valence-electron chi connectivity index (χ2n) is 31.2. The fourth-order valence-corrected chi connectivity index (χ4v) is 17.6. The molecule has 3 unspecified atom stereocenters. The summed E-state index contributed by atoms with van der Waals surface area (Å²) in [5.74, 6) is -12.0. The van der Waals surface area contributed by atoms with E-state index in [9.17, 15) is 55.2 Å². The van der Waals surface area contributed by atoms with Crippen LogP contribution in [0.15, 0.2) is 0 Å². The van der Waals surface area contributed by atoms with Crippen LogP contribution in [-0.2, 0) is 67.4 Å². The minimum atomic E-state index is -4.52. The molecule has 0 aromatic rings. The molecular weight excluding hydrogens is 1370 g/mol. The highest BCUT2D eigenvalue weighted by atomic mass is 35.5. The molecule has 4 heterocycles. The number of nitrogens with zero attached hydrogens (tertiary/aromatic N) is 9. The second kappa shape index (κ2) is 35.6. The Morgan fingerprint density at radius 1 is 0.598 bits per heavy atom. The van der Waals surface area contributed by atoms with E-state index in [2.05, 4.69) is 16.0 Å². The largest absolute Gasteiger partial charge is 0.393 e. The normalized spacial score (nSPS) is 30.5. The standard InChI is InChI=1S/C71H114ClF3N12O14S/c1-43(2)38-54-60(90)77-51(30-37-102(12,100)101)63(93)80(7)45(5)62(92)87-36-29-53(87)66(96)82(9)55(40-46-22-15-13-16-23-46)65(95)79(6)42-57(88)76-50(28-26-47-25-27-48(49(72)39-47)71(73,74)75)64(94)86-35-21-24-52(86)61(91)78-70(31-17-18-32-70)69(99)84(11)59(44(3)4)68(98)83(10)56(41-58(89)81(54)8)67(97)85-33-19-14-20-34-85/h43-56,59H,13-42H2,1-12H3,(H,76,88)(H,77,90)(H,78,91)/t45-,47?,48?,49?,50-,51-,52-,53-,54-,55-,56-,59-/m0/s1. The molecule has 3 N–H and O–H groups in total. The van der Waals surface area contributed by atoms with Crippen molar-refractivity contribution in [1.82, 2.24) is 60.0 Å². The second-order valence-corrected chi connectivity index (χ2v) is 34.0. The predicted octanol–water partition coefficient (Wildman–Crippen LogP) is 4.48. The summed E-state index contributed by atoms with van der Waals surface area (Å²) >= 11 is 6.40. The number of sulfone groups is 1. The van der Waals surface area contributed by atoms with Gasteiger partial charge in [-0.05, 0) is 133 Å². The third-order valence-corrected chi connectivity index (χ3v) is 24.3. The van der Waals surface area contributed by atoms with Gasteiger partial charge in [0.1, 0.15) is 69.8 Å². The average Bonchev–Trinajstić information content (AvgIpc) is 1.49. The van der Waals surface area contributed by atoms with E-state index < -0.39 is 189 Å². The number of halogens is 4. The number of rotatable bonds is 12. The molecule has 0 aromatic heterocycles. The van der Waals surface area contributed by atoms with Crippen LogP contribution < -0.4 is 16.0 Å². The summed E-state index contributed by atoms with van der Waals surface area (Å²) in [6.45, 7) is 8.60. The first-order valence-corrected chi connectivity index (χ1v) is 39.6. The van der Waals surface area contributed by atoms with Crippen LogP contribution in [0.2, 0.25) is 0 Å². The van der Waals surface area contributed by atoms with Gasteiger partial charge in [0.05, 0.1) is 24.6 Å². The molecule has 576 valence electrons. The van der Waals surface area contributed by atoms with Gasteiger partial charge in [0.2, 0.25) is 70.9 Å². The zero-order chi connectivity index (χ0) is 75.6. The number of nitrogens with one attached hydrogen (secondary N) is 3. The van der Waals surface area contributed by atoms with Crippen molar-refractivity contribution in [2.75, 3.05) is 87.0 Å². The molecule has 3 aliphatic carbocycles. The fraction of sp³-hybridized carbons (Fsp3) is 0.831. The number of likely N-dealkylation sites (tertiary alicyclic amines) is 1. The zero-order valence-corrected chi connectivity index (χ0v) is 63.6. The number of hydrogen-bond acceptors (Lipinski definition) is 14. The Morgan fingerprint density at radius 3 is 1.79 bits per heavy atom. The van der Waals surface area contributed by atoms with Crippen LogP contribution in [0.3, 0.4) is 0 Å². The molecule has 12 amide bonds. The number of piperidine rings is 1. The van der Waals surface area contributed by atoms with Gasteiger partial charge in [-0.3, -0.25) is 57.5 Å². The molecule has 26 nitrogen and oxygen atoms in total. The lowest BCUT2D eigenvalue weighted by molar-refractivity contribution is -0.182. The fourth-order valence-electron chi connectivity index (χ4n) is 16.4. The summed E-state index contributed by atoms with van der Waals surface area (Å²) in [6, 6.07) is -11.8. The van der Waals surface area contributed by atoms with Crippen LogP contribution in [0.25, 0.3) is 0 Å². The van der Waals surface area contributed by atoms with Crippen molar-refractivity contribution in [2.24, 2.45) is 29.6 Å². The van der Waals surface area contributed by atoms with Crippen LogP contribution >= 0.6 is 11.6 Å². The molecule has 0 radical (unpaired) electrons. The number of carbonyl (C=O) groups excluding carboxylic acids is 12. The van der Waals surface area contributed by atoms with Crippen LogP contribution in [0.4, 0.5) is 13.2 Å². The van der Waals surface area contributed by atoms with Gasteiger partial charge in [0.15, 0.2) is 0 Å². The zero-order valence-electron chi connectivity index (χ0n) is 62.0. The molecule has 0 bridgehead atoms. The molecule has 4 aliphatic heterocycles. The molecule has 3 saturated carbocycles. The maximum Gasteiger partial charge on any atom is 0.393 e. The van der Waals surface area contributed by atoms with Crippen LogP contribution in [0, 0.1) is 29.6 Å². The van der Waals surface area contributed by atoms with Gasteiger partial charge < -0.3 is 60.0 Å². The third-order valence-electron chi connectivity index (χ3n) is 22.9. The van der Waals surface area contributed by atoms with Gasteiger partial charge in [-0.25, -0.2) is 8.42 Å². The minimum Gasteiger partial charge on any atom is -0.343 e. The molecule has 1 spiro atoms. The number of fused-ring (bicyclic) bond motifs is 2. The van der Waals surface area contributed by atoms with Gasteiger partial charge >= 0.3 is 6.18 Å². The van der Waals surface area contributed by atoms with Crippen LogP contribution in [0.5, 0.6) is 0 Å². The van der Waals surface area contributed by atoms with E-state index in [4.69, 9.17) is 11.6 Å². The monoisotopic (exact) mass is 1480 g/mol. The summed E-state index contributed by atoms with van der Waals surface area (Å²) in [7, 11) is 4.50. The van der Waals surface area contributed by atoms with E-state index in [1.54, 1.807) is 32.6 Å². The molecular formula is C71H114ClF3N12O14S. The van der Waals surface area contributed by atoms with Crippen molar-refractivity contribution in [3.8, 4) is 0 Å². The Hall–Kier alpha value is -6.33.